The average molecular weight is 423 g/mol. The highest BCUT2D eigenvalue weighted by atomic mass is 35.5. The maximum Gasteiger partial charge on any atom is 0.408 e. The first-order chi connectivity index (χ1) is 13.6. The van der Waals surface area contributed by atoms with Crippen molar-refractivity contribution in [2.24, 2.45) is 0 Å². The molecule has 0 bridgehead atoms. The third-order valence-electron chi connectivity index (χ3n) is 4.46. The molecule has 1 saturated heterocycles. The zero-order valence-corrected chi connectivity index (χ0v) is 17.4. The number of pyridine rings is 1. The molecule has 9 heteroatoms. The topological polar surface area (TPSA) is 98.2 Å². The van der Waals surface area contributed by atoms with E-state index in [9.17, 15) is 14.7 Å². The largest absolute Gasteiger partial charge is 0.494 e. The first-order valence-corrected chi connectivity index (χ1v) is 9.48. The summed E-state index contributed by atoms with van der Waals surface area (Å²) in [6, 6.07) is 4.30. The van der Waals surface area contributed by atoms with Gasteiger partial charge in [-0.2, -0.15) is 0 Å². The number of methoxy groups -OCH3 is 1. The van der Waals surface area contributed by atoms with Crippen molar-refractivity contribution in [2.75, 3.05) is 13.7 Å². The van der Waals surface area contributed by atoms with Gasteiger partial charge in [0.25, 0.3) is 0 Å². The first-order valence-electron chi connectivity index (χ1n) is 9.10. The summed E-state index contributed by atoms with van der Waals surface area (Å²) in [5.74, 6) is 0.263. The average Bonchev–Trinajstić information content (AvgIpc) is 3.05. The lowest BCUT2D eigenvalue weighted by Gasteiger charge is -2.25. The Labute approximate surface area is 173 Å². The van der Waals surface area contributed by atoms with Gasteiger partial charge in [0, 0.05) is 22.2 Å². The van der Waals surface area contributed by atoms with Gasteiger partial charge in [0.15, 0.2) is 0 Å². The van der Waals surface area contributed by atoms with Crippen molar-refractivity contribution in [1.29, 1.82) is 0 Å². The molecule has 1 aromatic carbocycles. The van der Waals surface area contributed by atoms with E-state index in [1.54, 1.807) is 46.1 Å². The third kappa shape index (κ3) is 4.64. The maximum atomic E-state index is 12.5. The Bertz CT molecular complexity index is 942. The molecule has 0 spiro atoms. The summed E-state index contributed by atoms with van der Waals surface area (Å²) in [5.41, 5.74) is -0.718. The molecule has 1 amide bonds. The first kappa shape index (κ1) is 21.0. The summed E-state index contributed by atoms with van der Waals surface area (Å²) in [6.45, 7) is 5.22. The Hall–Kier alpha value is -2.74. The van der Waals surface area contributed by atoms with E-state index in [1.807, 2.05) is 0 Å². The van der Waals surface area contributed by atoms with Crippen LogP contribution in [0.1, 0.15) is 27.2 Å². The molecule has 1 aliphatic heterocycles. The molecule has 0 unspecified atom stereocenters. The number of carbonyl (C=O) groups excluding carboxylic acids is 1. The Morgan fingerprint density at radius 1 is 1.28 bits per heavy atom. The number of rotatable bonds is 4. The Balaban J connectivity index is 1.86. The molecule has 8 nitrogen and oxygen atoms in total. The number of likely N-dealkylation sites (tertiary alicyclic amines) is 1. The lowest BCUT2D eigenvalue weighted by Crippen LogP contribution is -2.43. The van der Waals surface area contributed by atoms with E-state index < -0.39 is 29.8 Å². The van der Waals surface area contributed by atoms with Gasteiger partial charge in [-0.25, -0.2) is 14.6 Å². The number of amides is 1. The summed E-state index contributed by atoms with van der Waals surface area (Å²) in [7, 11) is 1.54. The van der Waals surface area contributed by atoms with Crippen LogP contribution in [0, 0.1) is 0 Å². The van der Waals surface area contributed by atoms with E-state index in [4.69, 9.17) is 25.8 Å². The van der Waals surface area contributed by atoms with E-state index in [2.05, 4.69) is 4.98 Å². The number of nitrogens with zero attached hydrogens (tertiary/aromatic N) is 2. The van der Waals surface area contributed by atoms with Crippen LogP contribution in [0.2, 0.25) is 5.02 Å². The standard InChI is InChI=1S/C20H23ClN2O6/c1-20(2,3)29-18(24)15-8-12(10-23(15)19(25)26)28-17-14-7-11(21)5-6-13(14)16(27-4)9-22-17/h5-7,9,12,15H,8,10H2,1-4H3,(H,25,26)/t12-,15+/m1/s1. The Morgan fingerprint density at radius 3 is 2.62 bits per heavy atom. The Morgan fingerprint density at radius 2 is 2.00 bits per heavy atom. The van der Waals surface area contributed by atoms with Crippen LogP contribution in [0.4, 0.5) is 4.79 Å². The van der Waals surface area contributed by atoms with Gasteiger partial charge in [-0.3, -0.25) is 4.90 Å². The van der Waals surface area contributed by atoms with E-state index in [-0.39, 0.29) is 13.0 Å². The summed E-state index contributed by atoms with van der Waals surface area (Å²) >= 11 is 6.12. The number of carboxylic acid groups (broad SMARTS) is 1. The number of ether oxygens (including phenoxy) is 3. The molecule has 2 heterocycles. The van der Waals surface area contributed by atoms with Crippen molar-refractivity contribution < 1.29 is 28.9 Å². The molecule has 1 aliphatic rings. The second kappa shape index (κ2) is 7.94. The predicted octanol–water partition coefficient (Wildman–Crippen LogP) is 3.74. The van der Waals surface area contributed by atoms with Crippen molar-refractivity contribution in [3.63, 3.8) is 0 Å². The fourth-order valence-corrected chi connectivity index (χ4v) is 3.44. The zero-order valence-electron chi connectivity index (χ0n) is 16.6. The van der Waals surface area contributed by atoms with Crippen LogP contribution < -0.4 is 9.47 Å². The summed E-state index contributed by atoms with van der Waals surface area (Å²) < 4.78 is 16.7. The van der Waals surface area contributed by atoms with Crippen molar-refractivity contribution in [3.05, 3.63) is 29.4 Å². The highest BCUT2D eigenvalue weighted by Crippen LogP contribution is 2.34. The highest BCUT2D eigenvalue weighted by molar-refractivity contribution is 6.31. The lowest BCUT2D eigenvalue weighted by molar-refractivity contribution is -0.159. The second-order valence-electron chi connectivity index (χ2n) is 7.78. The van der Waals surface area contributed by atoms with E-state index in [1.165, 1.54) is 6.20 Å². The lowest BCUT2D eigenvalue weighted by atomic mass is 10.1. The van der Waals surface area contributed by atoms with E-state index in [0.717, 1.165) is 10.3 Å². The highest BCUT2D eigenvalue weighted by Gasteiger charge is 2.43. The smallest absolute Gasteiger partial charge is 0.408 e. The molecule has 1 fully saturated rings. The van der Waals surface area contributed by atoms with Crippen LogP contribution in [0.15, 0.2) is 24.4 Å². The molecule has 0 saturated carbocycles. The molecule has 2 aromatic rings. The number of benzene rings is 1. The van der Waals surface area contributed by atoms with Gasteiger partial charge in [-0.15, -0.1) is 0 Å². The van der Waals surface area contributed by atoms with Crippen LogP contribution in [-0.4, -0.2) is 58.5 Å². The molecule has 0 radical (unpaired) electrons. The number of hydrogen-bond donors (Lipinski definition) is 1. The van der Waals surface area contributed by atoms with Gasteiger partial charge in [-0.05, 0) is 39.0 Å². The summed E-state index contributed by atoms with van der Waals surface area (Å²) in [6.07, 6.45) is -0.0769. The maximum absolute atomic E-state index is 12.5. The molecular weight excluding hydrogens is 400 g/mol. The van der Waals surface area contributed by atoms with Gasteiger partial charge in [0.1, 0.15) is 23.5 Å². The molecule has 1 N–H and O–H groups in total. The fraction of sp³-hybridized carbons (Fsp3) is 0.450. The molecular formula is C20H23ClN2O6. The number of halogens is 1. The molecule has 1 aromatic heterocycles. The second-order valence-corrected chi connectivity index (χ2v) is 8.22. The summed E-state index contributed by atoms with van der Waals surface area (Å²) in [4.78, 5) is 29.4. The third-order valence-corrected chi connectivity index (χ3v) is 4.70. The number of carbonyl (C=O) groups is 2. The van der Waals surface area contributed by atoms with Crippen molar-refractivity contribution >= 4 is 34.4 Å². The van der Waals surface area contributed by atoms with Crippen LogP contribution in [-0.2, 0) is 9.53 Å². The SMILES string of the molecule is COc1cnc(O[C@@H]2C[C@@H](C(=O)OC(C)(C)C)N(C(=O)O)C2)c2cc(Cl)ccc12. The molecule has 29 heavy (non-hydrogen) atoms. The van der Waals surface area contributed by atoms with Gasteiger partial charge in [-0.1, -0.05) is 11.6 Å². The van der Waals surface area contributed by atoms with E-state index >= 15 is 0 Å². The molecule has 0 aliphatic carbocycles. The minimum absolute atomic E-state index is 0.0228. The fourth-order valence-electron chi connectivity index (χ4n) is 3.27. The zero-order chi connectivity index (χ0) is 21.3. The quantitative estimate of drug-likeness (QED) is 0.749. The van der Waals surface area contributed by atoms with Gasteiger partial charge in [0.2, 0.25) is 5.88 Å². The van der Waals surface area contributed by atoms with Crippen LogP contribution in [0.25, 0.3) is 10.8 Å². The Kier molecular flexibility index (Phi) is 5.75. The number of fused-ring (bicyclic) bond motifs is 1. The summed E-state index contributed by atoms with van der Waals surface area (Å²) in [5, 5.41) is 11.4. The van der Waals surface area contributed by atoms with Crippen LogP contribution >= 0.6 is 11.6 Å². The van der Waals surface area contributed by atoms with Gasteiger partial charge < -0.3 is 19.3 Å². The number of aromatic nitrogens is 1. The van der Waals surface area contributed by atoms with Crippen LogP contribution in [0.3, 0.4) is 0 Å². The van der Waals surface area contributed by atoms with Crippen LogP contribution in [0.5, 0.6) is 11.6 Å². The monoisotopic (exact) mass is 422 g/mol. The van der Waals surface area contributed by atoms with Gasteiger partial charge >= 0.3 is 12.1 Å². The normalized spacial score (nSPS) is 19.3. The number of esters is 1. The predicted molar refractivity (Wildman–Crippen MR) is 107 cm³/mol. The van der Waals surface area contributed by atoms with Crippen molar-refractivity contribution in [2.45, 2.75) is 44.9 Å². The number of hydrogen-bond acceptors (Lipinski definition) is 6. The minimum atomic E-state index is -1.21. The molecule has 156 valence electrons. The van der Waals surface area contributed by atoms with Crippen molar-refractivity contribution in [1.82, 2.24) is 9.88 Å². The molecule has 2 atom stereocenters. The van der Waals surface area contributed by atoms with Gasteiger partial charge in [0.05, 0.1) is 19.9 Å². The minimum Gasteiger partial charge on any atom is -0.494 e. The van der Waals surface area contributed by atoms with E-state index in [0.29, 0.717) is 22.0 Å². The molecule has 3 rings (SSSR count). The van der Waals surface area contributed by atoms with Crippen molar-refractivity contribution in [3.8, 4) is 11.6 Å².